The lowest BCUT2D eigenvalue weighted by atomic mass is 10.1. The number of nitrogens with one attached hydrogen (secondary N) is 1. The summed E-state index contributed by atoms with van der Waals surface area (Å²) in [7, 11) is 0. The molecule has 0 aromatic rings. The number of alkyl carbamates (subject to hydrolysis) is 1. The topological polar surface area (TPSA) is 75.6 Å². The van der Waals surface area contributed by atoms with Crippen LogP contribution in [-0.4, -0.2) is 35.0 Å². The molecule has 1 aliphatic rings. The summed E-state index contributed by atoms with van der Waals surface area (Å²) in [5.74, 6) is -4.31. The van der Waals surface area contributed by atoms with E-state index in [2.05, 4.69) is 0 Å². The zero-order valence-electron chi connectivity index (χ0n) is 10.7. The first-order chi connectivity index (χ1) is 8.42. The average Bonchev–Trinajstić information content (AvgIpc) is 2.88. The lowest BCUT2D eigenvalue weighted by molar-refractivity contribution is -0.154. The minimum Gasteiger partial charge on any atom is -0.480 e. The summed E-state index contributed by atoms with van der Waals surface area (Å²) in [5, 5.41) is 10.9. The molecule has 19 heavy (non-hydrogen) atoms. The third-order valence-corrected chi connectivity index (χ3v) is 2.63. The summed E-state index contributed by atoms with van der Waals surface area (Å²) in [6, 6.07) is -1.58. The zero-order valence-corrected chi connectivity index (χ0v) is 10.7. The highest BCUT2D eigenvalue weighted by molar-refractivity contribution is 5.80. The third-order valence-electron chi connectivity index (χ3n) is 2.63. The SMILES string of the molecule is CC(C)(C)OC(=O)NC(C(=O)O)C1CC1C(F)(F)F. The summed E-state index contributed by atoms with van der Waals surface area (Å²) < 4.78 is 42.0. The van der Waals surface area contributed by atoms with Crippen molar-refractivity contribution < 1.29 is 32.6 Å². The molecule has 8 heteroatoms. The number of rotatable bonds is 3. The third kappa shape index (κ3) is 4.60. The lowest BCUT2D eigenvalue weighted by Crippen LogP contribution is -2.45. The second-order valence-electron chi connectivity index (χ2n) is 5.51. The molecule has 0 aromatic carbocycles. The zero-order chi connectivity index (χ0) is 15.0. The van der Waals surface area contributed by atoms with Gasteiger partial charge in [0.2, 0.25) is 0 Å². The van der Waals surface area contributed by atoms with Gasteiger partial charge in [-0.2, -0.15) is 13.2 Å². The first-order valence-electron chi connectivity index (χ1n) is 5.71. The van der Waals surface area contributed by atoms with E-state index in [4.69, 9.17) is 9.84 Å². The van der Waals surface area contributed by atoms with E-state index in [0.29, 0.717) is 0 Å². The number of halogens is 3. The first-order valence-corrected chi connectivity index (χ1v) is 5.71. The van der Waals surface area contributed by atoms with E-state index in [-0.39, 0.29) is 6.42 Å². The number of carboxylic acids is 1. The highest BCUT2D eigenvalue weighted by atomic mass is 19.4. The van der Waals surface area contributed by atoms with E-state index < -0.39 is 41.7 Å². The molecule has 3 atom stereocenters. The predicted molar refractivity (Wildman–Crippen MR) is 58.4 cm³/mol. The summed E-state index contributed by atoms with van der Waals surface area (Å²) in [5.41, 5.74) is -0.847. The normalized spacial score (nSPS) is 24.5. The molecule has 0 radical (unpaired) electrons. The Hall–Kier alpha value is -1.47. The molecule has 0 saturated heterocycles. The minimum atomic E-state index is -4.44. The molecule has 0 bridgehead atoms. The number of aliphatic carboxylic acids is 1. The molecule has 2 N–H and O–H groups in total. The maximum Gasteiger partial charge on any atom is 0.408 e. The van der Waals surface area contributed by atoms with E-state index in [1.54, 1.807) is 20.8 Å². The fourth-order valence-electron chi connectivity index (χ4n) is 1.75. The molecule has 0 spiro atoms. The van der Waals surface area contributed by atoms with Crippen LogP contribution in [-0.2, 0) is 9.53 Å². The van der Waals surface area contributed by atoms with Gasteiger partial charge in [0, 0.05) is 5.92 Å². The number of ether oxygens (including phenoxy) is 1. The quantitative estimate of drug-likeness (QED) is 0.832. The van der Waals surface area contributed by atoms with Crippen LogP contribution in [0.25, 0.3) is 0 Å². The van der Waals surface area contributed by atoms with Gasteiger partial charge < -0.3 is 15.2 Å². The Kier molecular flexibility index (Phi) is 4.02. The largest absolute Gasteiger partial charge is 0.480 e. The summed E-state index contributed by atoms with van der Waals surface area (Å²) >= 11 is 0. The van der Waals surface area contributed by atoms with Crippen molar-refractivity contribution in [3.63, 3.8) is 0 Å². The van der Waals surface area contributed by atoms with Gasteiger partial charge in [0.15, 0.2) is 0 Å². The van der Waals surface area contributed by atoms with Gasteiger partial charge in [0.1, 0.15) is 11.6 Å². The van der Waals surface area contributed by atoms with Gasteiger partial charge in [-0.25, -0.2) is 9.59 Å². The molecule has 1 fully saturated rings. The molecular formula is C11H16F3NO4. The number of carboxylic acid groups (broad SMARTS) is 1. The molecule has 3 unspecified atom stereocenters. The van der Waals surface area contributed by atoms with Gasteiger partial charge in [-0.1, -0.05) is 0 Å². The van der Waals surface area contributed by atoms with Crippen LogP contribution in [0.2, 0.25) is 0 Å². The van der Waals surface area contributed by atoms with Crippen molar-refractivity contribution in [3.05, 3.63) is 0 Å². The van der Waals surface area contributed by atoms with Crippen LogP contribution < -0.4 is 5.32 Å². The van der Waals surface area contributed by atoms with Crippen LogP contribution in [0.3, 0.4) is 0 Å². The van der Waals surface area contributed by atoms with E-state index >= 15 is 0 Å². The van der Waals surface area contributed by atoms with Crippen LogP contribution in [0.5, 0.6) is 0 Å². The standard InChI is InChI=1S/C11H16F3NO4/c1-10(2,3)19-9(18)15-7(8(16)17)5-4-6(5)11(12,13)14/h5-7H,4H2,1-3H3,(H,15,18)(H,16,17). The number of hydrogen-bond donors (Lipinski definition) is 2. The molecule has 1 saturated carbocycles. The second kappa shape index (κ2) is 4.90. The number of amides is 1. The van der Waals surface area contributed by atoms with Crippen molar-refractivity contribution in [1.29, 1.82) is 0 Å². The molecule has 5 nitrogen and oxygen atoms in total. The molecule has 0 heterocycles. The highest BCUT2D eigenvalue weighted by Crippen LogP contribution is 2.51. The van der Waals surface area contributed by atoms with E-state index in [0.717, 1.165) is 0 Å². The Bertz CT molecular complexity index is 375. The molecule has 0 aromatic heterocycles. The van der Waals surface area contributed by atoms with Crippen molar-refractivity contribution in [2.75, 3.05) is 0 Å². The van der Waals surface area contributed by atoms with E-state index in [9.17, 15) is 22.8 Å². The van der Waals surface area contributed by atoms with Crippen LogP contribution in [0.1, 0.15) is 27.2 Å². The van der Waals surface area contributed by atoms with Gasteiger partial charge in [-0.05, 0) is 27.2 Å². The fraction of sp³-hybridized carbons (Fsp3) is 0.818. The fourth-order valence-corrected chi connectivity index (χ4v) is 1.75. The summed E-state index contributed by atoms with van der Waals surface area (Å²) in [4.78, 5) is 22.3. The maximum absolute atomic E-state index is 12.4. The monoisotopic (exact) mass is 283 g/mol. The molecule has 1 amide bonds. The van der Waals surface area contributed by atoms with Crippen LogP contribution in [0, 0.1) is 11.8 Å². The highest BCUT2D eigenvalue weighted by Gasteiger charge is 2.60. The van der Waals surface area contributed by atoms with Gasteiger partial charge in [0.25, 0.3) is 0 Å². The molecule has 110 valence electrons. The van der Waals surface area contributed by atoms with Crippen molar-refractivity contribution in [1.82, 2.24) is 5.32 Å². The number of carbonyl (C=O) groups is 2. The van der Waals surface area contributed by atoms with Gasteiger partial charge in [-0.15, -0.1) is 0 Å². The maximum atomic E-state index is 12.4. The summed E-state index contributed by atoms with van der Waals surface area (Å²) in [6.07, 6.45) is -5.77. The van der Waals surface area contributed by atoms with Crippen LogP contribution in [0.4, 0.5) is 18.0 Å². The minimum absolute atomic E-state index is 0.295. The average molecular weight is 283 g/mol. The Morgan fingerprint density at radius 3 is 2.16 bits per heavy atom. The Morgan fingerprint density at radius 1 is 1.32 bits per heavy atom. The molecular weight excluding hydrogens is 267 g/mol. The number of alkyl halides is 3. The van der Waals surface area contributed by atoms with Gasteiger partial charge >= 0.3 is 18.2 Å². The van der Waals surface area contributed by atoms with Gasteiger partial charge in [0.05, 0.1) is 5.92 Å². The first kappa shape index (κ1) is 15.6. The molecule has 1 aliphatic carbocycles. The van der Waals surface area contributed by atoms with E-state index in [1.807, 2.05) is 5.32 Å². The van der Waals surface area contributed by atoms with Crippen molar-refractivity contribution >= 4 is 12.1 Å². The Balaban J connectivity index is 2.62. The smallest absolute Gasteiger partial charge is 0.408 e. The second-order valence-corrected chi connectivity index (χ2v) is 5.51. The Labute approximate surface area is 108 Å². The number of hydrogen-bond acceptors (Lipinski definition) is 3. The van der Waals surface area contributed by atoms with Crippen LogP contribution in [0.15, 0.2) is 0 Å². The van der Waals surface area contributed by atoms with Gasteiger partial charge in [-0.3, -0.25) is 0 Å². The van der Waals surface area contributed by atoms with Crippen molar-refractivity contribution in [3.8, 4) is 0 Å². The van der Waals surface area contributed by atoms with Crippen molar-refractivity contribution in [2.24, 2.45) is 11.8 Å². The summed E-state index contributed by atoms with van der Waals surface area (Å²) in [6.45, 7) is 4.70. The molecule has 1 rings (SSSR count). The predicted octanol–water partition coefficient (Wildman–Crippen LogP) is 2.16. The molecule has 0 aliphatic heterocycles. The number of carbonyl (C=O) groups excluding carboxylic acids is 1. The lowest BCUT2D eigenvalue weighted by Gasteiger charge is -2.22. The Morgan fingerprint density at radius 2 is 1.84 bits per heavy atom. The van der Waals surface area contributed by atoms with Crippen LogP contribution >= 0.6 is 0 Å². The van der Waals surface area contributed by atoms with E-state index in [1.165, 1.54) is 0 Å². The van der Waals surface area contributed by atoms with Crippen molar-refractivity contribution in [2.45, 2.75) is 45.0 Å².